The molecular formula is C9H12FN. The van der Waals surface area contributed by atoms with Crippen LogP contribution in [0.3, 0.4) is 0 Å². The van der Waals surface area contributed by atoms with E-state index in [4.69, 9.17) is 5.73 Å². The van der Waals surface area contributed by atoms with Crippen molar-refractivity contribution in [2.75, 3.05) is 0 Å². The lowest BCUT2D eigenvalue weighted by Crippen LogP contribution is -2.07. The molecule has 0 heterocycles. The summed E-state index contributed by atoms with van der Waals surface area (Å²) < 4.78 is 12.9. The molecule has 0 saturated carbocycles. The van der Waals surface area contributed by atoms with Crippen LogP contribution in [-0.2, 0) is 0 Å². The van der Waals surface area contributed by atoms with E-state index in [2.05, 4.69) is 0 Å². The summed E-state index contributed by atoms with van der Waals surface area (Å²) in [6.07, 6.45) is 0. The molecule has 60 valence electrons. The van der Waals surface area contributed by atoms with Crippen LogP contribution >= 0.6 is 0 Å². The minimum atomic E-state index is -0.181. The number of benzene rings is 1. The highest BCUT2D eigenvalue weighted by Crippen LogP contribution is 2.17. The second-order valence-corrected chi connectivity index (χ2v) is 2.74. The highest BCUT2D eigenvalue weighted by atomic mass is 19.1. The van der Waals surface area contributed by atoms with Crippen molar-refractivity contribution in [1.82, 2.24) is 0 Å². The van der Waals surface area contributed by atoms with E-state index in [0.29, 0.717) is 5.56 Å². The van der Waals surface area contributed by atoms with E-state index in [-0.39, 0.29) is 11.9 Å². The van der Waals surface area contributed by atoms with Crippen LogP contribution in [0, 0.1) is 12.7 Å². The topological polar surface area (TPSA) is 26.0 Å². The molecule has 0 fully saturated rings. The van der Waals surface area contributed by atoms with Crippen molar-refractivity contribution in [1.29, 1.82) is 0 Å². The largest absolute Gasteiger partial charge is 0.324 e. The molecule has 1 unspecified atom stereocenters. The van der Waals surface area contributed by atoms with E-state index in [0.717, 1.165) is 5.56 Å². The van der Waals surface area contributed by atoms with E-state index in [1.807, 2.05) is 13.0 Å². The van der Waals surface area contributed by atoms with Crippen LogP contribution in [0.15, 0.2) is 18.2 Å². The van der Waals surface area contributed by atoms with Gasteiger partial charge in [-0.25, -0.2) is 4.39 Å². The molecule has 0 radical (unpaired) electrons. The van der Waals surface area contributed by atoms with E-state index in [9.17, 15) is 4.39 Å². The van der Waals surface area contributed by atoms with Gasteiger partial charge in [-0.05, 0) is 31.0 Å². The predicted octanol–water partition coefficient (Wildman–Crippen LogP) is 2.15. The molecule has 1 atom stereocenters. The van der Waals surface area contributed by atoms with Crippen LogP contribution in [0.2, 0.25) is 0 Å². The molecule has 0 aliphatic rings. The van der Waals surface area contributed by atoms with Crippen molar-refractivity contribution in [2.45, 2.75) is 19.9 Å². The Morgan fingerprint density at radius 3 is 2.55 bits per heavy atom. The number of hydrogen-bond acceptors (Lipinski definition) is 1. The van der Waals surface area contributed by atoms with Crippen LogP contribution in [-0.4, -0.2) is 0 Å². The van der Waals surface area contributed by atoms with E-state index in [1.54, 1.807) is 13.0 Å². The van der Waals surface area contributed by atoms with Gasteiger partial charge in [-0.2, -0.15) is 0 Å². The molecule has 1 nitrogen and oxygen atoms in total. The predicted molar refractivity (Wildman–Crippen MR) is 43.7 cm³/mol. The van der Waals surface area contributed by atoms with Crippen molar-refractivity contribution < 1.29 is 4.39 Å². The highest BCUT2D eigenvalue weighted by Gasteiger charge is 2.05. The van der Waals surface area contributed by atoms with Crippen LogP contribution < -0.4 is 5.73 Å². The first-order valence-electron chi connectivity index (χ1n) is 3.63. The molecule has 0 aromatic heterocycles. The standard InChI is InChI=1S/C9H12FN/c1-6-8(7(2)11)4-3-5-9(6)10/h3-5,7H,11H2,1-2H3. The molecule has 11 heavy (non-hydrogen) atoms. The second kappa shape index (κ2) is 3.01. The Morgan fingerprint density at radius 2 is 2.09 bits per heavy atom. The highest BCUT2D eigenvalue weighted by molar-refractivity contribution is 5.29. The first-order chi connectivity index (χ1) is 5.13. The number of rotatable bonds is 1. The summed E-state index contributed by atoms with van der Waals surface area (Å²) in [6, 6.07) is 4.89. The normalized spacial score (nSPS) is 13.1. The average Bonchev–Trinajstić information content (AvgIpc) is 1.94. The Hall–Kier alpha value is -0.890. The smallest absolute Gasteiger partial charge is 0.126 e. The Morgan fingerprint density at radius 1 is 1.45 bits per heavy atom. The second-order valence-electron chi connectivity index (χ2n) is 2.74. The van der Waals surface area contributed by atoms with Crippen molar-refractivity contribution in [3.05, 3.63) is 35.1 Å². The maximum absolute atomic E-state index is 12.9. The molecule has 0 bridgehead atoms. The van der Waals surface area contributed by atoms with Crippen molar-refractivity contribution >= 4 is 0 Å². The summed E-state index contributed by atoms with van der Waals surface area (Å²) in [5.41, 5.74) is 7.15. The summed E-state index contributed by atoms with van der Waals surface area (Å²) in [4.78, 5) is 0. The van der Waals surface area contributed by atoms with Crippen molar-refractivity contribution in [2.24, 2.45) is 5.73 Å². The maximum atomic E-state index is 12.9. The van der Waals surface area contributed by atoms with Crippen molar-refractivity contribution in [3.63, 3.8) is 0 Å². The van der Waals surface area contributed by atoms with Crippen LogP contribution in [0.5, 0.6) is 0 Å². The molecule has 2 N–H and O–H groups in total. The van der Waals surface area contributed by atoms with Crippen molar-refractivity contribution in [3.8, 4) is 0 Å². The average molecular weight is 153 g/mol. The summed E-state index contributed by atoms with van der Waals surface area (Å²) in [6.45, 7) is 3.59. The molecule has 1 aromatic rings. The lowest BCUT2D eigenvalue weighted by Gasteiger charge is -2.09. The monoisotopic (exact) mass is 153 g/mol. The van der Waals surface area contributed by atoms with Gasteiger partial charge in [0.1, 0.15) is 5.82 Å². The summed E-state index contributed by atoms with van der Waals surface area (Å²) in [7, 11) is 0. The lowest BCUT2D eigenvalue weighted by molar-refractivity contribution is 0.611. The van der Waals surface area contributed by atoms with E-state index in [1.165, 1.54) is 6.07 Å². The van der Waals surface area contributed by atoms with Crippen LogP contribution in [0.25, 0.3) is 0 Å². The zero-order valence-electron chi connectivity index (χ0n) is 6.76. The number of halogens is 1. The Kier molecular flexibility index (Phi) is 2.25. The first-order valence-corrected chi connectivity index (χ1v) is 3.63. The molecule has 1 aromatic carbocycles. The van der Waals surface area contributed by atoms with Gasteiger partial charge in [-0.1, -0.05) is 12.1 Å². The van der Waals surface area contributed by atoms with Gasteiger partial charge in [-0.15, -0.1) is 0 Å². The van der Waals surface area contributed by atoms with Crippen LogP contribution in [0.4, 0.5) is 4.39 Å². The fourth-order valence-electron chi connectivity index (χ4n) is 1.12. The minimum Gasteiger partial charge on any atom is -0.324 e. The van der Waals surface area contributed by atoms with Crippen LogP contribution in [0.1, 0.15) is 24.1 Å². The Balaban J connectivity index is 3.17. The lowest BCUT2D eigenvalue weighted by atomic mass is 10.0. The van der Waals surface area contributed by atoms with Gasteiger partial charge in [0.15, 0.2) is 0 Å². The van der Waals surface area contributed by atoms with Gasteiger partial charge >= 0.3 is 0 Å². The van der Waals surface area contributed by atoms with Gasteiger partial charge in [-0.3, -0.25) is 0 Å². The van der Waals surface area contributed by atoms with Gasteiger partial charge in [0.2, 0.25) is 0 Å². The molecule has 2 heteroatoms. The molecular weight excluding hydrogens is 141 g/mol. The van der Waals surface area contributed by atoms with E-state index >= 15 is 0 Å². The first kappa shape index (κ1) is 8.21. The Labute approximate surface area is 66.0 Å². The number of nitrogens with two attached hydrogens (primary N) is 1. The van der Waals surface area contributed by atoms with Gasteiger partial charge < -0.3 is 5.73 Å². The van der Waals surface area contributed by atoms with Gasteiger partial charge in [0.25, 0.3) is 0 Å². The third-order valence-corrected chi connectivity index (χ3v) is 1.80. The third-order valence-electron chi connectivity index (χ3n) is 1.80. The van der Waals surface area contributed by atoms with Gasteiger partial charge in [0.05, 0.1) is 0 Å². The molecule has 0 aliphatic carbocycles. The zero-order valence-corrected chi connectivity index (χ0v) is 6.76. The molecule has 0 spiro atoms. The number of hydrogen-bond donors (Lipinski definition) is 1. The maximum Gasteiger partial charge on any atom is 0.126 e. The molecule has 1 rings (SSSR count). The minimum absolute atomic E-state index is 0.0919. The SMILES string of the molecule is Cc1c(F)cccc1C(C)N. The van der Waals surface area contributed by atoms with E-state index < -0.39 is 0 Å². The van der Waals surface area contributed by atoms with Gasteiger partial charge in [0, 0.05) is 6.04 Å². The fourth-order valence-corrected chi connectivity index (χ4v) is 1.12. The molecule has 0 aliphatic heterocycles. The quantitative estimate of drug-likeness (QED) is 0.657. The third kappa shape index (κ3) is 1.57. The zero-order chi connectivity index (χ0) is 8.43. The summed E-state index contributed by atoms with van der Waals surface area (Å²) >= 11 is 0. The molecule has 0 saturated heterocycles. The summed E-state index contributed by atoms with van der Waals surface area (Å²) in [5.74, 6) is -0.181. The molecule has 0 amide bonds. The Bertz CT molecular complexity index is 256. The summed E-state index contributed by atoms with van der Waals surface area (Å²) in [5, 5.41) is 0. The fraction of sp³-hybridized carbons (Fsp3) is 0.333.